The highest BCUT2D eigenvalue weighted by molar-refractivity contribution is 6.17. The minimum absolute atomic E-state index is 0.0519. The van der Waals surface area contributed by atoms with Crippen molar-refractivity contribution in [3.05, 3.63) is 52.8 Å². The molecule has 5 nitrogen and oxygen atoms in total. The van der Waals surface area contributed by atoms with E-state index in [9.17, 15) is 4.79 Å². The SMILES string of the molecule is CCn1ncc2c(NC)c3c(nc21)CCc1ccccc1C3=O. The lowest BCUT2D eigenvalue weighted by molar-refractivity contribution is 0.103. The minimum atomic E-state index is 0.0519. The average molecular weight is 306 g/mol. The second-order valence-electron chi connectivity index (χ2n) is 5.74. The van der Waals surface area contributed by atoms with Gasteiger partial charge in [0.1, 0.15) is 0 Å². The molecule has 0 spiro atoms. The van der Waals surface area contributed by atoms with Gasteiger partial charge in [0.2, 0.25) is 0 Å². The van der Waals surface area contributed by atoms with Crippen LogP contribution in [0.3, 0.4) is 0 Å². The number of hydrogen-bond donors (Lipinski definition) is 1. The molecule has 1 aliphatic carbocycles. The smallest absolute Gasteiger partial charge is 0.197 e. The molecule has 116 valence electrons. The molecule has 1 aliphatic rings. The van der Waals surface area contributed by atoms with Crippen molar-refractivity contribution >= 4 is 22.5 Å². The highest BCUT2D eigenvalue weighted by atomic mass is 16.1. The normalized spacial score (nSPS) is 13.6. The molecule has 2 heterocycles. The van der Waals surface area contributed by atoms with Crippen LogP contribution in [0.5, 0.6) is 0 Å². The Bertz CT molecular complexity index is 926. The van der Waals surface area contributed by atoms with Crippen LogP contribution in [0.2, 0.25) is 0 Å². The Balaban J connectivity index is 2.04. The van der Waals surface area contributed by atoms with Crippen molar-refractivity contribution < 1.29 is 4.79 Å². The zero-order chi connectivity index (χ0) is 16.0. The van der Waals surface area contributed by atoms with Gasteiger partial charge < -0.3 is 5.32 Å². The Morgan fingerprint density at radius 1 is 1.26 bits per heavy atom. The van der Waals surface area contributed by atoms with E-state index in [0.29, 0.717) is 5.56 Å². The van der Waals surface area contributed by atoms with E-state index in [1.807, 2.05) is 42.9 Å². The lowest BCUT2D eigenvalue weighted by Crippen LogP contribution is -2.11. The molecule has 0 unspecified atom stereocenters. The van der Waals surface area contributed by atoms with Gasteiger partial charge in [0, 0.05) is 19.2 Å². The number of carbonyl (C=O) groups excluding carboxylic acids is 1. The summed E-state index contributed by atoms with van der Waals surface area (Å²) in [7, 11) is 1.85. The number of carbonyl (C=O) groups is 1. The number of nitrogens with one attached hydrogen (secondary N) is 1. The fourth-order valence-electron chi connectivity index (χ4n) is 3.40. The van der Waals surface area contributed by atoms with E-state index < -0.39 is 0 Å². The summed E-state index contributed by atoms with van der Waals surface area (Å²) in [5.74, 6) is 0.0519. The van der Waals surface area contributed by atoms with Crippen LogP contribution < -0.4 is 5.32 Å². The standard InChI is InChI=1S/C18H18N4O/c1-3-22-18-13(10-20-22)16(19-2)15-14(21-18)9-8-11-6-4-5-7-12(11)17(15)23/h4-7,10H,3,8-9H2,1-2H3,(H,19,21). The van der Waals surface area contributed by atoms with Crippen LogP contribution in [-0.2, 0) is 19.4 Å². The molecule has 23 heavy (non-hydrogen) atoms. The molecule has 0 radical (unpaired) electrons. The highest BCUT2D eigenvalue weighted by Crippen LogP contribution is 2.33. The van der Waals surface area contributed by atoms with Crippen molar-refractivity contribution in [3.63, 3.8) is 0 Å². The van der Waals surface area contributed by atoms with Crippen molar-refractivity contribution in [3.8, 4) is 0 Å². The Kier molecular flexibility index (Phi) is 3.15. The van der Waals surface area contributed by atoms with Crippen molar-refractivity contribution in [1.29, 1.82) is 0 Å². The van der Waals surface area contributed by atoms with Gasteiger partial charge in [-0.25, -0.2) is 9.67 Å². The first kappa shape index (κ1) is 13.9. The van der Waals surface area contributed by atoms with Crippen molar-refractivity contribution in [2.75, 3.05) is 12.4 Å². The molecular weight excluding hydrogens is 288 g/mol. The summed E-state index contributed by atoms with van der Waals surface area (Å²) in [4.78, 5) is 17.9. The maximum atomic E-state index is 13.1. The number of rotatable bonds is 2. The van der Waals surface area contributed by atoms with Gasteiger partial charge in [-0.15, -0.1) is 0 Å². The second kappa shape index (κ2) is 5.19. The van der Waals surface area contributed by atoms with E-state index in [2.05, 4.69) is 10.4 Å². The third-order valence-corrected chi connectivity index (χ3v) is 4.53. The molecule has 1 aromatic carbocycles. The number of aryl methyl sites for hydroxylation is 3. The first-order valence-corrected chi connectivity index (χ1v) is 7.93. The predicted octanol–water partition coefficient (Wildman–Crippen LogP) is 2.82. The van der Waals surface area contributed by atoms with Gasteiger partial charge in [0.05, 0.1) is 28.5 Å². The van der Waals surface area contributed by atoms with Gasteiger partial charge in [0.25, 0.3) is 0 Å². The number of pyridine rings is 1. The van der Waals surface area contributed by atoms with Crippen LogP contribution in [0.15, 0.2) is 30.5 Å². The zero-order valence-electron chi connectivity index (χ0n) is 13.3. The Labute approximate surface area is 134 Å². The summed E-state index contributed by atoms with van der Waals surface area (Å²) in [6, 6.07) is 7.85. The van der Waals surface area contributed by atoms with Crippen molar-refractivity contribution in [2.45, 2.75) is 26.3 Å². The molecule has 0 saturated carbocycles. The van der Waals surface area contributed by atoms with E-state index in [-0.39, 0.29) is 5.78 Å². The lowest BCUT2D eigenvalue weighted by Gasteiger charge is -2.13. The number of nitrogens with zero attached hydrogens (tertiary/aromatic N) is 3. The number of ketones is 1. The van der Waals surface area contributed by atoms with Crippen LogP contribution in [0.25, 0.3) is 11.0 Å². The summed E-state index contributed by atoms with van der Waals surface area (Å²) >= 11 is 0. The van der Waals surface area contributed by atoms with Gasteiger partial charge in [0.15, 0.2) is 11.4 Å². The van der Waals surface area contributed by atoms with Gasteiger partial charge in [-0.3, -0.25) is 4.79 Å². The predicted molar refractivity (Wildman–Crippen MR) is 90.0 cm³/mol. The maximum Gasteiger partial charge on any atom is 0.197 e. The molecule has 3 aromatic rings. The van der Waals surface area contributed by atoms with E-state index in [0.717, 1.165) is 52.9 Å². The molecule has 2 aromatic heterocycles. The summed E-state index contributed by atoms with van der Waals surface area (Å²) in [5, 5.41) is 8.50. The molecule has 0 bridgehead atoms. The molecule has 5 heteroatoms. The van der Waals surface area contributed by atoms with Gasteiger partial charge in [-0.05, 0) is 25.3 Å². The molecule has 0 aliphatic heterocycles. The Hall–Kier alpha value is -2.69. The van der Waals surface area contributed by atoms with Crippen LogP contribution in [0.1, 0.15) is 34.1 Å². The molecule has 0 atom stereocenters. The van der Waals surface area contributed by atoms with E-state index in [4.69, 9.17) is 4.98 Å². The molecule has 4 rings (SSSR count). The molecular formula is C18H18N4O. The third-order valence-electron chi connectivity index (χ3n) is 4.53. The maximum absolute atomic E-state index is 13.1. The monoisotopic (exact) mass is 306 g/mol. The Morgan fingerprint density at radius 2 is 2.09 bits per heavy atom. The zero-order valence-corrected chi connectivity index (χ0v) is 13.3. The van der Waals surface area contributed by atoms with Gasteiger partial charge in [-0.2, -0.15) is 5.10 Å². The van der Waals surface area contributed by atoms with Crippen LogP contribution in [0, 0.1) is 0 Å². The second-order valence-corrected chi connectivity index (χ2v) is 5.74. The van der Waals surface area contributed by atoms with Gasteiger partial charge >= 0.3 is 0 Å². The number of aromatic nitrogens is 3. The average Bonchev–Trinajstić information content (AvgIpc) is 2.94. The van der Waals surface area contributed by atoms with Crippen molar-refractivity contribution in [2.24, 2.45) is 0 Å². The lowest BCUT2D eigenvalue weighted by atomic mass is 9.98. The van der Waals surface area contributed by atoms with Crippen molar-refractivity contribution in [1.82, 2.24) is 14.8 Å². The quantitative estimate of drug-likeness (QED) is 0.791. The number of hydrogen-bond acceptors (Lipinski definition) is 4. The van der Waals surface area contributed by atoms with E-state index in [1.165, 1.54) is 0 Å². The van der Waals surface area contributed by atoms with Crippen LogP contribution in [0.4, 0.5) is 5.69 Å². The number of fused-ring (bicyclic) bond motifs is 3. The number of benzene rings is 1. The topological polar surface area (TPSA) is 59.8 Å². The van der Waals surface area contributed by atoms with E-state index in [1.54, 1.807) is 6.20 Å². The minimum Gasteiger partial charge on any atom is -0.387 e. The third kappa shape index (κ3) is 1.96. The highest BCUT2D eigenvalue weighted by Gasteiger charge is 2.27. The summed E-state index contributed by atoms with van der Waals surface area (Å²) < 4.78 is 1.87. The first-order chi connectivity index (χ1) is 11.2. The van der Waals surface area contributed by atoms with Crippen LogP contribution in [-0.4, -0.2) is 27.6 Å². The van der Waals surface area contributed by atoms with Crippen LogP contribution >= 0.6 is 0 Å². The summed E-state index contributed by atoms with van der Waals surface area (Å²) in [5.41, 5.74) is 5.12. The van der Waals surface area contributed by atoms with Gasteiger partial charge in [-0.1, -0.05) is 24.3 Å². The summed E-state index contributed by atoms with van der Waals surface area (Å²) in [6.07, 6.45) is 3.39. The fourth-order valence-corrected chi connectivity index (χ4v) is 3.40. The Morgan fingerprint density at radius 3 is 2.87 bits per heavy atom. The fraction of sp³-hybridized carbons (Fsp3) is 0.278. The molecule has 0 saturated heterocycles. The molecule has 0 fully saturated rings. The first-order valence-electron chi connectivity index (χ1n) is 7.93. The summed E-state index contributed by atoms with van der Waals surface area (Å²) in [6.45, 7) is 2.80. The number of anilines is 1. The molecule has 1 N–H and O–H groups in total. The molecule has 0 amide bonds. The van der Waals surface area contributed by atoms with E-state index >= 15 is 0 Å². The largest absolute Gasteiger partial charge is 0.387 e.